The van der Waals surface area contributed by atoms with Crippen LogP contribution in [0.1, 0.15) is 5.56 Å². The molecule has 0 aliphatic carbocycles. The third-order valence-corrected chi connectivity index (χ3v) is 2.64. The number of halogens is 1. The van der Waals surface area contributed by atoms with Crippen molar-refractivity contribution in [1.29, 1.82) is 0 Å². The number of hydrogen-bond donors (Lipinski definition) is 1. The predicted molar refractivity (Wildman–Crippen MR) is 69.7 cm³/mol. The first-order valence-electron chi connectivity index (χ1n) is 5.54. The van der Waals surface area contributed by atoms with E-state index in [9.17, 15) is 4.39 Å². The molecule has 3 aromatic rings. The summed E-state index contributed by atoms with van der Waals surface area (Å²) in [6.45, 7) is 0. The SMILES string of the molecule is Fc1ccc(C=Nc2ccc3nc[nH]c3c2)cc1. The molecule has 3 rings (SSSR count). The van der Waals surface area contributed by atoms with E-state index < -0.39 is 0 Å². The van der Waals surface area contributed by atoms with Gasteiger partial charge >= 0.3 is 0 Å². The van der Waals surface area contributed by atoms with Crippen molar-refractivity contribution in [3.63, 3.8) is 0 Å². The number of imidazole rings is 1. The number of aromatic nitrogens is 2. The fourth-order valence-corrected chi connectivity index (χ4v) is 1.70. The molecule has 1 aromatic heterocycles. The number of fused-ring (bicyclic) bond motifs is 1. The number of aromatic amines is 1. The van der Waals surface area contributed by atoms with Crippen LogP contribution in [0, 0.1) is 5.82 Å². The molecule has 88 valence electrons. The smallest absolute Gasteiger partial charge is 0.123 e. The van der Waals surface area contributed by atoms with Crippen LogP contribution >= 0.6 is 0 Å². The molecule has 0 aliphatic rings. The standard InChI is InChI=1S/C14H10FN3/c15-11-3-1-10(2-4-11)8-16-12-5-6-13-14(7-12)18-9-17-13/h1-9H,(H,17,18). The lowest BCUT2D eigenvalue weighted by molar-refractivity contribution is 0.628. The molecule has 1 heterocycles. The van der Waals surface area contributed by atoms with Gasteiger partial charge in [-0.3, -0.25) is 4.99 Å². The quantitative estimate of drug-likeness (QED) is 0.683. The highest BCUT2D eigenvalue weighted by molar-refractivity contribution is 5.84. The van der Waals surface area contributed by atoms with Gasteiger partial charge in [0.2, 0.25) is 0 Å². The lowest BCUT2D eigenvalue weighted by atomic mass is 10.2. The summed E-state index contributed by atoms with van der Waals surface area (Å²) >= 11 is 0. The van der Waals surface area contributed by atoms with Crippen LogP contribution in [0.3, 0.4) is 0 Å². The fraction of sp³-hybridized carbons (Fsp3) is 0. The maximum absolute atomic E-state index is 12.7. The van der Waals surface area contributed by atoms with Crippen LogP contribution in [0.15, 0.2) is 53.8 Å². The monoisotopic (exact) mass is 239 g/mol. The lowest BCUT2D eigenvalue weighted by Crippen LogP contribution is -1.81. The van der Waals surface area contributed by atoms with Crippen LogP contribution in [0.4, 0.5) is 10.1 Å². The Morgan fingerprint density at radius 2 is 1.94 bits per heavy atom. The van der Waals surface area contributed by atoms with E-state index >= 15 is 0 Å². The molecule has 0 amide bonds. The maximum atomic E-state index is 12.7. The van der Waals surface area contributed by atoms with Gasteiger partial charge in [-0.25, -0.2) is 9.37 Å². The molecule has 0 aliphatic heterocycles. The highest BCUT2D eigenvalue weighted by Crippen LogP contribution is 2.18. The summed E-state index contributed by atoms with van der Waals surface area (Å²) < 4.78 is 12.7. The number of rotatable bonds is 2. The topological polar surface area (TPSA) is 41.0 Å². The Bertz CT molecular complexity index is 698. The van der Waals surface area contributed by atoms with Crippen molar-refractivity contribution in [3.8, 4) is 0 Å². The van der Waals surface area contributed by atoms with E-state index in [0.29, 0.717) is 0 Å². The Morgan fingerprint density at radius 1 is 1.11 bits per heavy atom. The van der Waals surface area contributed by atoms with Crippen molar-refractivity contribution in [3.05, 3.63) is 60.2 Å². The van der Waals surface area contributed by atoms with Crippen LogP contribution in [-0.2, 0) is 0 Å². The van der Waals surface area contributed by atoms with Crippen molar-refractivity contribution >= 4 is 22.9 Å². The number of benzene rings is 2. The molecule has 0 unspecified atom stereocenters. The Kier molecular flexibility index (Phi) is 2.61. The normalized spacial score (nSPS) is 11.4. The van der Waals surface area contributed by atoms with Gasteiger partial charge in [0.05, 0.1) is 23.0 Å². The molecule has 0 radical (unpaired) electrons. The van der Waals surface area contributed by atoms with Gasteiger partial charge in [0.25, 0.3) is 0 Å². The highest BCUT2D eigenvalue weighted by atomic mass is 19.1. The highest BCUT2D eigenvalue weighted by Gasteiger charge is 1.96. The molecule has 1 N–H and O–H groups in total. The summed E-state index contributed by atoms with van der Waals surface area (Å²) in [5.41, 5.74) is 3.55. The minimum absolute atomic E-state index is 0.244. The summed E-state index contributed by atoms with van der Waals surface area (Å²) in [5, 5.41) is 0. The summed E-state index contributed by atoms with van der Waals surface area (Å²) in [4.78, 5) is 11.5. The van der Waals surface area contributed by atoms with Crippen LogP contribution in [0.5, 0.6) is 0 Å². The average molecular weight is 239 g/mol. The molecule has 0 saturated carbocycles. The van der Waals surface area contributed by atoms with E-state index in [2.05, 4.69) is 15.0 Å². The first-order valence-corrected chi connectivity index (χ1v) is 5.54. The van der Waals surface area contributed by atoms with Gasteiger partial charge in [0.15, 0.2) is 0 Å². The summed E-state index contributed by atoms with van der Waals surface area (Å²) in [6, 6.07) is 11.9. The van der Waals surface area contributed by atoms with Crippen LogP contribution in [-0.4, -0.2) is 16.2 Å². The first kappa shape index (κ1) is 10.7. The van der Waals surface area contributed by atoms with Gasteiger partial charge in [-0.15, -0.1) is 0 Å². The largest absolute Gasteiger partial charge is 0.345 e. The van der Waals surface area contributed by atoms with Crippen molar-refractivity contribution in [2.75, 3.05) is 0 Å². The van der Waals surface area contributed by atoms with Gasteiger partial charge in [0.1, 0.15) is 5.82 Å². The number of hydrogen-bond acceptors (Lipinski definition) is 2. The summed E-state index contributed by atoms with van der Waals surface area (Å²) in [5.74, 6) is -0.244. The zero-order valence-electron chi connectivity index (χ0n) is 9.47. The molecular formula is C14H10FN3. The zero-order chi connectivity index (χ0) is 12.4. The minimum atomic E-state index is -0.244. The van der Waals surface area contributed by atoms with E-state index in [4.69, 9.17) is 0 Å². The fourth-order valence-electron chi connectivity index (χ4n) is 1.70. The molecule has 0 fully saturated rings. The summed E-state index contributed by atoms with van der Waals surface area (Å²) in [7, 11) is 0. The molecular weight excluding hydrogens is 229 g/mol. The second-order valence-corrected chi connectivity index (χ2v) is 3.91. The van der Waals surface area contributed by atoms with Gasteiger partial charge in [-0.2, -0.15) is 0 Å². The molecule has 0 spiro atoms. The molecule has 3 nitrogen and oxygen atoms in total. The maximum Gasteiger partial charge on any atom is 0.123 e. The predicted octanol–water partition coefficient (Wildman–Crippen LogP) is 3.45. The first-order chi connectivity index (χ1) is 8.81. The van der Waals surface area contributed by atoms with Gasteiger partial charge in [-0.05, 0) is 35.9 Å². The zero-order valence-corrected chi connectivity index (χ0v) is 9.47. The van der Waals surface area contributed by atoms with Gasteiger partial charge < -0.3 is 4.98 Å². The second-order valence-electron chi connectivity index (χ2n) is 3.91. The Balaban J connectivity index is 1.88. The molecule has 2 aromatic carbocycles. The third kappa shape index (κ3) is 2.13. The molecule has 0 bridgehead atoms. The number of aliphatic imine (C=N–C) groups is 1. The number of nitrogens with one attached hydrogen (secondary N) is 1. The van der Waals surface area contributed by atoms with Crippen LogP contribution < -0.4 is 0 Å². The molecule has 4 heteroatoms. The Morgan fingerprint density at radius 3 is 2.78 bits per heavy atom. The van der Waals surface area contributed by atoms with E-state index in [1.165, 1.54) is 12.1 Å². The van der Waals surface area contributed by atoms with E-state index in [0.717, 1.165) is 22.3 Å². The van der Waals surface area contributed by atoms with Gasteiger partial charge in [-0.1, -0.05) is 12.1 Å². The van der Waals surface area contributed by atoms with E-state index in [1.807, 2.05) is 18.2 Å². The van der Waals surface area contributed by atoms with Crippen molar-refractivity contribution < 1.29 is 4.39 Å². The van der Waals surface area contributed by atoms with Crippen molar-refractivity contribution in [2.24, 2.45) is 4.99 Å². The number of nitrogens with zero attached hydrogens (tertiary/aromatic N) is 2. The number of H-pyrrole nitrogens is 1. The molecule has 18 heavy (non-hydrogen) atoms. The van der Waals surface area contributed by atoms with E-state index in [-0.39, 0.29) is 5.82 Å². The van der Waals surface area contributed by atoms with Crippen molar-refractivity contribution in [2.45, 2.75) is 0 Å². The average Bonchev–Trinajstić information content (AvgIpc) is 2.85. The van der Waals surface area contributed by atoms with Crippen molar-refractivity contribution in [1.82, 2.24) is 9.97 Å². The minimum Gasteiger partial charge on any atom is -0.345 e. The summed E-state index contributed by atoms with van der Waals surface area (Å²) in [6.07, 6.45) is 3.36. The van der Waals surface area contributed by atoms with Crippen LogP contribution in [0.2, 0.25) is 0 Å². The third-order valence-electron chi connectivity index (χ3n) is 2.64. The van der Waals surface area contributed by atoms with Crippen LogP contribution in [0.25, 0.3) is 11.0 Å². The Labute approximate surface area is 103 Å². The lowest BCUT2D eigenvalue weighted by Gasteiger charge is -1.95. The van der Waals surface area contributed by atoms with E-state index in [1.54, 1.807) is 24.7 Å². The molecule has 0 atom stereocenters. The second kappa shape index (κ2) is 4.41. The van der Waals surface area contributed by atoms with Gasteiger partial charge in [0, 0.05) is 6.21 Å². The molecule has 0 saturated heterocycles. The Hall–Kier alpha value is -2.49.